The van der Waals surface area contributed by atoms with Crippen molar-refractivity contribution >= 4 is 0 Å². The molecule has 0 fully saturated rings. The highest BCUT2D eigenvalue weighted by atomic mass is 16.7. The molecule has 0 aromatic rings. The van der Waals surface area contributed by atoms with Crippen molar-refractivity contribution in [2.45, 2.75) is 72.5 Å². The third-order valence-electron chi connectivity index (χ3n) is 5.26. The molecule has 194 valence electrons. The number of methoxy groups -OCH3 is 1. The minimum absolute atomic E-state index is 0.243. The molecular formula is C25H52O7. The lowest BCUT2D eigenvalue weighted by atomic mass is 9.89. The molecule has 0 aliphatic carbocycles. The summed E-state index contributed by atoms with van der Waals surface area (Å²) >= 11 is 0. The summed E-state index contributed by atoms with van der Waals surface area (Å²) < 4.78 is 39.1. The first kappa shape index (κ1) is 31.7. The molecule has 0 saturated carbocycles. The molecule has 0 aliphatic rings. The van der Waals surface area contributed by atoms with Crippen molar-refractivity contribution in [1.29, 1.82) is 0 Å². The molecule has 0 aliphatic heterocycles. The van der Waals surface area contributed by atoms with Gasteiger partial charge in [0.15, 0.2) is 6.29 Å². The summed E-state index contributed by atoms with van der Waals surface area (Å²) in [7, 11) is 1.66. The molecule has 0 amide bonds. The highest BCUT2D eigenvalue weighted by Crippen LogP contribution is 2.25. The molecule has 0 bridgehead atoms. The minimum atomic E-state index is -0.243. The van der Waals surface area contributed by atoms with E-state index >= 15 is 0 Å². The molecule has 0 saturated heterocycles. The maximum atomic E-state index is 6.07. The van der Waals surface area contributed by atoms with Crippen molar-refractivity contribution in [3.63, 3.8) is 0 Å². The zero-order valence-electron chi connectivity index (χ0n) is 21.6. The Morgan fingerprint density at radius 1 is 0.594 bits per heavy atom. The summed E-state index contributed by atoms with van der Waals surface area (Å²) in [4.78, 5) is 0. The van der Waals surface area contributed by atoms with Crippen molar-refractivity contribution in [2.75, 3.05) is 79.8 Å². The van der Waals surface area contributed by atoms with Crippen LogP contribution in [0.3, 0.4) is 0 Å². The van der Waals surface area contributed by atoms with Crippen molar-refractivity contribution in [3.05, 3.63) is 0 Å². The van der Waals surface area contributed by atoms with Gasteiger partial charge in [0.05, 0.1) is 66.1 Å². The fourth-order valence-corrected chi connectivity index (χ4v) is 3.37. The number of unbranched alkanes of at least 4 members (excludes halogenated alkanes) is 1. The highest BCUT2D eigenvalue weighted by Gasteiger charge is 2.22. The van der Waals surface area contributed by atoms with E-state index in [1.165, 1.54) is 25.7 Å². The van der Waals surface area contributed by atoms with Gasteiger partial charge in [-0.25, -0.2) is 0 Å². The predicted octanol–water partition coefficient (Wildman–Crippen LogP) is 4.71. The lowest BCUT2D eigenvalue weighted by molar-refractivity contribution is -0.185. The van der Waals surface area contributed by atoms with Crippen LogP contribution in [0.4, 0.5) is 0 Å². The lowest BCUT2D eigenvalue weighted by Crippen LogP contribution is -2.30. The molecule has 3 atom stereocenters. The van der Waals surface area contributed by atoms with Gasteiger partial charge < -0.3 is 33.2 Å². The van der Waals surface area contributed by atoms with E-state index in [-0.39, 0.29) is 6.29 Å². The summed E-state index contributed by atoms with van der Waals surface area (Å²) in [5.74, 6) is 1.04. The van der Waals surface area contributed by atoms with Crippen LogP contribution in [0.15, 0.2) is 0 Å². The van der Waals surface area contributed by atoms with E-state index in [1.807, 2.05) is 0 Å². The lowest BCUT2D eigenvalue weighted by Gasteiger charge is -2.27. The quantitative estimate of drug-likeness (QED) is 0.136. The molecule has 32 heavy (non-hydrogen) atoms. The second-order valence-corrected chi connectivity index (χ2v) is 8.18. The molecule has 3 unspecified atom stereocenters. The maximum Gasteiger partial charge on any atom is 0.160 e. The second kappa shape index (κ2) is 25.3. The molecule has 0 spiro atoms. The van der Waals surface area contributed by atoms with Crippen LogP contribution in [0, 0.1) is 11.8 Å². The molecule has 0 aromatic heterocycles. The number of hydrogen-bond acceptors (Lipinski definition) is 7. The standard InChI is InChI=1S/C25H52O7/c1-6-9-10-24(8-3)22-23(4)25(31-20-18-29-15-14-27-11-7-2)32-21-19-30-17-16-28-13-12-26-5/h23-25H,6-22H2,1-5H3. The Labute approximate surface area is 197 Å². The van der Waals surface area contributed by atoms with Crippen molar-refractivity contribution in [3.8, 4) is 0 Å². The van der Waals surface area contributed by atoms with Crippen LogP contribution in [0.2, 0.25) is 0 Å². The van der Waals surface area contributed by atoms with Crippen LogP contribution in [0.1, 0.15) is 66.2 Å². The zero-order chi connectivity index (χ0) is 23.7. The van der Waals surface area contributed by atoms with Crippen LogP contribution >= 0.6 is 0 Å². The second-order valence-electron chi connectivity index (χ2n) is 8.18. The fraction of sp³-hybridized carbons (Fsp3) is 1.00. The molecule has 0 rings (SSSR count). The van der Waals surface area contributed by atoms with E-state index in [9.17, 15) is 0 Å². The minimum Gasteiger partial charge on any atom is -0.382 e. The largest absolute Gasteiger partial charge is 0.382 e. The average Bonchev–Trinajstić information content (AvgIpc) is 2.80. The Morgan fingerprint density at radius 2 is 1.09 bits per heavy atom. The molecule has 7 heteroatoms. The molecule has 0 radical (unpaired) electrons. The Morgan fingerprint density at radius 3 is 1.56 bits per heavy atom. The van der Waals surface area contributed by atoms with Crippen LogP contribution in [-0.4, -0.2) is 86.1 Å². The van der Waals surface area contributed by atoms with Gasteiger partial charge in [-0.2, -0.15) is 0 Å². The molecule has 0 aromatic carbocycles. The van der Waals surface area contributed by atoms with Crippen LogP contribution < -0.4 is 0 Å². The van der Waals surface area contributed by atoms with Gasteiger partial charge in [-0.05, 0) is 18.8 Å². The van der Waals surface area contributed by atoms with E-state index in [2.05, 4.69) is 27.7 Å². The Kier molecular flexibility index (Phi) is 25.1. The van der Waals surface area contributed by atoms with Crippen LogP contribution in [-0.2, 0) is 33.2 Å². The van der Waals surface area contributed by atoms with Gasteiger partial charge in [-0.15, -0.1) is 0 Å². The molecule has 7 nitrogen and oxygen atoms in total. The topological polar surface area (TPSA) is 64.6 Å². The molecular weight excluding hydrogens is 412 g/mol. The first-order valence-corrected chi connectivity index (χ1v) is 12.7. The number of rotatable bonds is 26. The van der Waals surface area contributed by atoms with E-state index in [0.29, 0.717) is 77.9 Å². The summed E-state index contributed by atoms with van der Waals surface area (Å²) in [5, 5.41) is 0. The van der Waals surface area contributed by atoms with Crippen molar-refractivity contribution < 1.29 is 33.2 Å². The van der Waals surface area contributed by atoms with E-state index in [1.54, 1.807) is 7.11 Å². The predicted molar refractivity (Wildman–Crippen MR) is 128 cm³/mol. The monoisotopic (exact) mass is 464 g/mol. The maximum absolute atomic E-state index is 6.07. The van der Waals surface area contributed by atoms with Crippen molar-refractivity contribution in [1.82, 2.24) is 0 Å². The van der Waals surface area contributed by atoms with Crippen LogP contribution in [0.5, 0.6) is 0 Å². The highest BCUT2D eigenvalue weighted by molar-refractivity contribution is 4.66. The van der Waals surface area contributed by atoms with Crippen molar-refractivity contribution in [2.24, 2.45) is 11.8 Å². The summed E-state index contributed by atoms with van der Waals surface area (Å²) in [6.45, 7) is 15.3. The fourth-order valence-electron chi connectivity index (χ4n) is 3.37. The van der Waals surface area contributed by atoms with Gasteiger partial charge in [0, 0.05) is 19.6 Å². The van der Waals surface area contributed by atoms with E-state index in [0.717, 1.165) is 19.4 Å². The van der Waals surface area contributed by atoms with Gasteiger partial charge in [0.2, 0.25) is 0 Å². The average molecular weight is 465 g/mol. The third-order valence-corrected chi connectivity index (χ3v) is 5.26. The number of ether oxygens (including phenoxy) is 7. The van der Waals surface area contributed by atoms with Gasteiger partial charge in [0.1, 0.15) is 0 Å². The van der Waals surface area contributed by atoms with Gasteiger partial charge in [-0.1, -0.05) is 53.4 Å². The van der Waals surface area contributed by atoms with E-state index in [4.69, 9.17) is 33.2 Å². The van der Waals surface area contributed by atoms with Gasteiger partial charge in [0.25, 0.3) is 0 Å². The molecule has 0 heterocycles. The normalized spacial score (nSPS) is 14.5. The first-order chi connectivity index (χ1) is 15.7. The first-order valence-electron chi connectivity index (χ1n) is 12.7. The smallest absolute Gasteiger partial charge is 0.160 e. The Bertz CT molecular complexity index is 357. The third kappa shape index (κ3) is 20.3. The number of hydrogen-bond donors (Lipinski definition) is 0. The SMILES string of the molecule is CCCCC(CC)CC(C)C(OCCOCCOCCC)OCCOCCOCCOC. The summed E-state index contributed by atoms with van der Waals surface area (Å²) in [6.07, 6.45) is 6.90. The van der Waals surface area contributed by atoms with Gasteiger partial charge in [-0.3, -0.25) is 0 Å². The Hall–Kier alpha value is -0.280. The Balaban J connectivity index is 4.22. The molecule has 0 N–H and O–H groups in total. The summed E-state index contributed by atoms with van der Waals surface area (Å²) in [6, 6.07) is 0. The van der Waals surface area contributed by atoms with E-state index < -0.39 is 0 Å². The van der Waals surface area contributed by atoms with Gasteiger partial charge >= 0.3 is 0 Å². The summed E-state index contributed by atoms with van der Waals surface area (Å²) in [5.41, 5.74) is 0. The van der Waals surface area contributed by atoms with Crippen LogP contribution in [0.25, 0.3) is 0 Å². The zero-order valence-corrected chi connectivity index (χ0v) is 21.6.